The first-order chi connectivity index (χ1) is 10.5. The van der Waals surface area contributed by atoms with Crippen LogP contribution in [-0.2, 0) is 6.18 Å². The first kappa shape index (κ1) is 17.4. The van der Waals surface area contributed by atoms with Crippen LogP contribution >= 0.6 is 0 Å². The highest BCUT2D eigenvalue weighted by Crippen LogP contribution is 2.39. The second-order valence-electron chi connectivity index (χ2n) is 5.28. The minimum Gasteiger partial charge on any atom is -0.374 e. The van der Waals surface area contributed by atoms with Crippen molar-refractivity contribution in [2.45, 2.75) is 43.9 Å². The fourth-order valence-corrected chi connectivity index (χ4v) is 2.74. The van der Waals surface area contributed by atoms with Crippen LogP contribution in [0.5, 0.6) is 0 Å². The molecule has 0 aliphatic carbocycles. The molecule has 1 saturated heterocycles. The summed E-state index contributed by atoms with van der Waals surface area (Å²) in [6, 6.07) is 2.88. The molecule has 2 rings (SSSR count). The second kappa shape index (κ2) is 5.92. The Bertz CT molecular complexity index is 619. The van der Waals surface area contributed by atoms with Crippen molar-refractivity contribution in [1.29, 1.82) is 5.26 Å². The molecule has 1 aliphatic rings. The minimum absolute atomic E-state index is 0.0159. The van der Waals surface area contributed by atoms with Crippen molar-refractivity contribution in [3.63, 3.8) is 0 Å². The highest BCUT2D eigenvalue weighted by Gasteiger charge is 2.41. The SMILES string of the molecule is N#Cc1ccc(N2C(O)CCC2CC(F)(F)F)cc1C(F)(F)F. The predicted octanol–water partition coefficient (Wildman–Crippen LogP) is 3.82. The summed E-state index contributed by atoms with van der Waals surface area (Å²) in [5, 5.41) is 18.6. The molecule has 126 valence electrons. The molecule has 1 heterocycles. The third-order valence-corrected chi connectivity index (χ3v) is 3.67. The van der Waals surface area contributed by atoms with E-state index in [-0.39, 0.29) is 18.5 Å². The van der Waals surface area contributed by atoms with Gasteiger partial charge in [0, 0.05) is 11.7 Å². The summed E-state index contributed by atoms with van der Waals surface area (Å²) in [6.45, 7) is 0. The Morgan fingerprint density at radius 2 is 1.83 bits per heavy atom. The Labute approximate surface area is 127 Å². The van der Waals surface area contributed by atoms with Crippen molar-refractivity contribution in [3.8, 4) is 6.07 Å². The summed E-state index contributed by atoms with van der Waals surface area (Å²) < 4.78 is 76.6. The Balaban J connectivity index is 2.41. The highest BCUT2D eigenvalue weighted by atomic mass is 19.4. The minimum atomic E-state index is -4.81. The number of hydrogen-bond donors (Lipinski definition) is 1. The third-order valence-electron chi connectivity index (χ3n) is 3.67. The van der Waals surface area contributed by atoms with Gasteiger partial charge >= 0.3 is 12.4 Å². The summed E-state index contributed by atoms with van der Waals surface area (Å²) in [4.78, 5) is 0.934. The number of rotatable bonds is 2. The zero-order valence-electron chi connectivity index (χ0n) is 11.6. The van der Waals surface area contributed by atoms with Crippen LogP contribution in [-0.4, -0.2) is 23.6 Å². The maximum absolute atomic E-state index is 13.0. The molecule has 0 radical (unpaired) electrons. The van der Waals surface area contributed by atoms with Gasteiger partial charge in [-0.3, -0.25) is 0 Å². The second-order valence-corrected chi connectivity index (χ2v) is 5.28. The molecule has 1 fully saturated rings. The van der Waals surface area contributed by atoms with Crippen LogP contribution in [0.3, 0.4) is 0 Å². The number of nitrogens with zero attached hydrogens (tertiary/aromatic N) is 2. The zero-order chi connectivity index (χ0) is 17.4. The lowest BCUT2D eigenvalue weighted by atomic mass is 10.1. The number of aliphatic hydroxyl groups is 1. The molecule has 1 aliphatic heterocycles. The summed E-state index contributed by atoms with van der Waals surface area (Å²) >= 11 is 0. The van der Waals surface area contributed by atoms with Gasteiger partial charge in [0.15, 0.2) is 0 Å². The average Bonchev–Trinajstić information content (AvgIpc) is 2.76. The van der Waals surface area contributed by atoms with Gasteiger partial charge in [0.2, 0.25) is 0 Å². The van der Waals surface area contributed by atoms with Gasteiger partial charge in [-0.25, -0.2) is 0 Å². The molecular formula is C14H12F6N2O. The summed E-state index contributed by atoms with van der Waals surface area (Å²) in [7, 11) is 0. The monoisotopic (exact) mass is 338 g/mol. The molecule has 0 amide bonds. The number of hydrogen-bond acceptors (Lipinski definition) is 3. The van der Waals surface area contributed by atoms with Gasteiger partial charge in [0.1, 0.15) is 6.23 Å². The van der Waals surface area contributed by atoms with E-state index in [1.54, 1.807) is 0 Å². The molecule has 0 bridgehead atoms. The lowest BCUT2D eigenvalue weighted by Crippen LogP contribution is -2.38. The fraction of sp³-hybridized carbons (Fsp3) is 0.500. The number of nitriles is 1. The Morgan fingerprint density at radius 1 is 1.17 bits per heavy atom. The van der Waals surface area contributed by atoms with E-state index >= 15 is 0 Å². The molecular weight excluding hydrogens is 326 g/mol. The standard InChI is InChI=1S/C14H12F6N2O/c15-13(16,17)6-10-3-4-12(23)22(10)9-2-1-8(7-21)11(5-9)14(18,19)20/h1-2,5,10,12,23H,3-4,6H2. The number of aliphatic hydroxyl groups excluding tert-OH is 1. The molecule has 0 spiro atoms. The number of benzene rings is 1. The number of anilines is 1. The molecule has 1 N–H and O–H groups in total. The van der Waals surface area contributed by atoms with E-state index < -0.39 is 42.2 Å². The van der Waals surface area contributed by atoms with Crippen LogP contribution in [0.1, 0.15) is 30.4 Å². The van der Waals surface area contributed by atoms with Crippen LogP contribution in [0.2, 0.25) is 0 Å². The Hall–Kier alpha value is -1.95. The Kier molecular flexibility index (Phi) is 4.48. The molecule has 0 saturated carbocycles. The zero-order valence-corrected chi connectivity index (χ0v) is 11.6. The smallest absolute Gasteiger partial charge is 0.374 e. The summed E-state index contributed by atoms with van der Waals surface area (Å²) in [6.07, 6.45) is -11.8. The van der Waals surface area contributed by atoms with Crippen molar-refractivity contribution in [1.82, 2.24) is 0 Å². The van der Waals surface area contributed by atoms with Crippen molar-refractivity contribution >= 4 is 5.69 Å². The van der Waals surface area contributed by atoms with Crippen LogP contribution < -0.4 is 4.90 Å². The van der Waals surface area contributed by atoms with Crippen molar-refractivity contribution in [3.05, 3.63) is 29.3 Å². The summed E-state index contributed by atoms with van der Waals surface area (Å²) in [5.41, 5.74) is -2.04. The van der Waals surface area contributed by atoms with Crippen LogP contribution in [0.25, 0.3) is 0 Å². The van der Waals surface area contributed by atoms with E-state index in [4.69, 9.17) is 5.26 Å². The molecule has 3 nitrogen and oxygen atoms in total. The highest BCUT2D eigenvalue weighted by molar-refractivity contribution is 5.56. The van der Waals surface area contributed by atoms with E-state index in [1.165, 1.54) is 6.07 Å². The number of alkyl halides is 6. The van der Waals surface area contributed by atoms with Gasteiger partial charge < -0.3 is 10.0 Å². The van der Waals surface area contributed by atoms with Gasteiger partial charge in [-0.2, -0.15) is 31.6 Å². The van der Waals surface area contributed by atoms with E-state index in [0.717, 1.165) is 17.0 Å². The summed E-state index contributed by atoms with van der Waals surface area (Å²) in [5.74, 6) is 0. The molecule has 1 aromatic rings. The van der Waals surface area contributed by atoms with Gasteiger partial charge in [-0.05, 0) is 31.0 Å². The molecule has 9 heteroatoms. The maximum Gasteiger partial charge on any atom is 0.417 e. The molecule has 2 unspecified atom stereocenters. The maximum atomic E-state index is 13.0. The molecule has 2 atom stereocenters. The van der Waals surface area contributed by atoms with E-state index in [1.807, 2.05) is 0 Å². The molecule has 0 aromatic heterocycles. The van der Waals surface area contributed by atoms with Crippen LogP contribution in [0.4, 0.5) is 32.0 Å². The lowest BCUT2D eigenvalue weighted by Gasteiger charge is -2.31. The van der Waals surface area contributed by atoms with E-state index in [2.05, 4.69) is 0 Å². The first-order valence-corrected chi connectivity index (χ1v) is 6.67. The fourth-order valence-electron chi connectivity index (χ4n) is 2.74. The first-order valence-electron chi connectivity index (χ1n) is 6.67. The lowest BCUT2D eigenvalue weighted by molar-refractivity contribution is -0.139. The van der Waals surface area contributed by atoms with Crippen molar-refractivity contribution in [2.75, 3.05) is 4.90 Å². The van der Waals surface area contributed by atoms with Gasteiger partial charge in [0.25, 0.3) is 0 Å². The number of halogens is 6. The van der Waals surface area contributed by atoms with E-state index in [9.17, 15) is 31.4 Å². The quantitative estimate of drug-likeness (QED) is 0.834. The normalized spacial score (nSPS) is 22.3. The average molecular weight is 338 g/mol. The van der Waals surface area contributed by atoms with Crippen LogP contribution in [0.15, 0.2) is 18.2 Å². The largest absolute Gasteiger partial charge is 0.417 e. The topological polar surface area (TPSA) is 47.3 Å². The Morgan fingerprint density at radius 3 is 2.35 bits per heavy atom. The van der Waals surface area contributed by atoms with Gasteiger partial charge in [-0.15, -0.1) is 0 Å². The van der Waals surface area contributed by atoms with Crippen molar-refractivity contribution in [2.24, 2.45) is 0 Å². The van der Waals surface area contributed by atoms with Crippen molar-refractivity contribution < 1.29 is 31.4 Å². The third kappa shape index (κ3) is 3.88. The van der Waals surface area contributed by atoms with E-state index in [0.29, 0.717) is 6.07 Å². The molecule has 23 heavy (non-hydrogen) atoms. The van der Waals surface area contributed by atoms with Gasteiger partial charge in [0.05, 0.1) is 23.6 Å². The van der Waals surface area contributed by atoms with Crippen LogP contribution in [0, 0.1) is 11.3 Å². The predicted molar refractivity (Wildman–Crippen MR) is 68.3 cm³/mol. The van der Waals surface area contributed by atoms with Gasteiger partial charge in [-0.1, -0.05) is 0 Å². The molecule has 1 aromatic carbocycles.